The maximum Gasteiger partial charge on any atom is 0.312 e. The number of aliphatic hydroxyl groups is 1. The fourth-order valence-corrected chi connectivity index (χ4v) is 4.35. The Morgan fingerprint density at radius 3 is 2.41 bits per heavy atom. The van der Waals surface area contributed by atoms with Gasteiger partial charge >= 0.3 is 5.97 Å². The second-order valence-electron chi connectivity index (χ2n) is 9.95. The average molecular weight is 541 g/mol. The molecule has 0 saturated carbocycles. The van der Waals surface area contributed by atoms with Crippen molar-refractivity contribution < 1.29 is 34.1 Å². The number of esters is 1. The van der Waals surface area contributed by atoms with E-state index in [1.807, 2.05) is 37.3 Å². The van der Waals surface area contributed by atoms with Crippen LogP contribution in [0.4, 0.5) is 0 Å². The van der Waals surface area contributed by atoms with Crippen molar-refractivity contribution in [3.05, 3.63) is 59.9 Å². The molecule has 1 aliphatic rings. The molecule has 3 rings (SSSR count). The van der Waals surface area contributed by atoms with E-state index in [9.17, 15) is 29.4 Å². The van der Waals surface area contributed by atoms with Crippen molar-refractivity contribution >= 4 is 23.7 Å². The molecule has 1 saturated heterocycles. The van der Waals surface area contributed by atoms with Gasteiger partial charge in [0, 0.05) is 12.1 Å². The largest absolute Gasteiger partial charge is 0.505 e. The Hall–Kier alpha value is -3.99. The first-order valence-electron chi connectivity index (χ1n) is 13.0. The first-order chi connectivity index (χ1) is 18.5. The second-order valence-corrected chi connectivity index (χ2v) is 9.95. The fourth-order valence-electron chi connectivity index (χ4n) is 4.35. The van der Waals surface area contributed by atoms with Crippen LogP contribution in [-0.4, -0.2) is 69.2 Å². The summed E-state index contributed by atoms with van der Waals surface area (Å²) in [6.45, 7) is 6.59. The highest BCUT2D eigenvalue weighted by Gasteiger charge is 2.40. The summed E-state index contributed by atoms with van der Waals surface area (Å²) in [6.07, 6.45) is -0.520. The number of carbonyl (C=O) groups is 4. The molecule has 2 aromatic rings. The number of nitrogens with zero attached hydrogens (tertiary/aromatic N) is 1. The normalized spacial score (nSPS) is 27.2. The Balaban J connectivity index is 2.00. The Morgan fingerprint density at radius 2 is 1.77 bits per heavy atom. The van der Waals surface area contributed by atoms with E-state index in [4.69, 9.17) is 4.74 Å². The van der Waals surface area contributed by atoms with Crippen molar-refractivity contribution in [1.82, 2.24) is 20.9 Å². The highest BCUT2D eigenvalue weighted by molar-refractivity contribution is 5.98. The second kappa shape index (κ2) is 13.2. The Morgan fingerprint density at radius 1 is 1.08 bits per heavy atom. The standard InChI is InChI=1S/C28H36N4O7/c1-5-15(2)24-27(37)30-17(4)21(32-26(36)22-20(33)12-9-13-29-22)25(35)31-19(14-18-10-7-6-8-11-18)23(34)16(3)28(38)39-24/h6-13,15-17,19,21,23-24,33-34H,5,14H2,1-4H3,(H,30,37)(H,31,35)(H,32,36). The van der Waals surface area contributed by atoms with Crippen LogP contribution in [0.15, 0.2) is 48.7 Å². The lowest BCUT2D eigenvalue weighted by atomic mass is 9.91. The first-order valence-corrected chi connectivity index (χ1v) is 13.0. The molecule has 11 heteroatoms. The van der Waals surface area contributed by atoms with E-state index in [2.05, 4.69) is 20.9 Å². The first kappa shape index (κ1) is 29.6. The number of carbonyl (C=O) groups excluding carboxylic acids is 4. The molecule has 3 amide bonds. The molecule has 11 nitrogen and oxygen atoms in total. The molecule has 0 radical (unpaired) electrons. The molecule has 210 valence electrons. The number of nitrogens with one attached hydrogen (secondary N) is 3. The monoisotopic (exact) mass is 540 g/mol. The van der Waals surface area contributed by atoms with Gasteiger partial charge in [-0.25, -0.2) is 4.98 Å². The van der Waals surface area contributed by atoms with E-state index >= 15 is 0 Å². The van der Waals surface area contributed by atoms with Gasteiger partial charge in [-0.3, -0.25) is 19.2 Å². The zero-order chi connectivity index (χ0) is 28.7. The zero-order valence-electron chi connectivity index (χ0n) is 22.5. The minimum atomic E-state index is -1.37. The van der Waals surface area contributed by atoms with Crippen molar-refractivity contribution in [3.63, 3.8) is 0 Å². The molecular formula is C28H36N4O7. The van der Waals surface area contributed by atoms with Crippen molar-refractivity contribution in [2.45, 2.75) is 70.9 Å². The van der Waals surface area contributed by atoms with Gasteiger partial charge < -0.3 is 30.9 Å². The summed E-state index contributed by atoms with van der Waals surface area (Å²) in [6, 6.07) is 8.61. The summed E-state index contributed by atoms with van der Waals surface area (Å²) in [7, 11) is 0. The van der Waals surface area contributed by atoms with E-state index in [0.717, 1.165) is 5.56 Å². The number of hydrogen-bond donors (Lipinski definition) is 5. The molecule has 1 fully saturated rings. The molecule has 0 aliphatic carbocycles. The zero-order valence-corrected chi connectivity index (χ0v) is 22.5. The number of hydrogen-bond acceptors (Lipinski definition) is 8. The number of rotatable bonds is 6. The van der Waals surface area contributed by atoms with Crippen LogP contribution in [0.5, 0.6) is 5.75 Å². The van der Waals surface area contributed by atoms with Gasteiger partial charge in [-0.1, -0.05) is 44.2 Å². The number of aromatic nitrogens is 1. The van der Waals surface area contributed by atoms with Crippen LogP contribution in [-0.2, 0) is 25.5 Å². The highest BCUT2D eigenvalue weighted by Crippen LogP contribution is 2.20. The lowest BCUT2D eigenvalue weighted by Gasteiger charge is -2.34. The van der Waals surface area contributed by atoms with Crippen LogP contribution < -0.4 is 16.0 Å². The number of ether oxygens (including phenoxy) is 1. The van der Waals surface area contributed by atoms with E-state index in [1.165, 1.54) is 32.2 Å². The number of cyclic esters (lactones) is 1. The molecule has 1 aromatic heterocycles. The molecular weight excluding hydrogens is 504 g/mol. The highest BCUT2D eigenvalue weighted by atomic mass is 16.5. The van der Waals surface area contributed by atoms with Gasteiger partial charge in [0.05, 0.1) is 24.1 Å². The molecule has 7 unspecified atom stereocenters. The lowest BCUT2D eigenvalue weighted by Crippen LogP contribution is -2.62. The third-order valence-electron chi connectivity index (χ3n) is 7.03. The van der Waals surface area contributed by atoms with Gasteiger partial charge in [-0.15, -0.1) is 0 Å². The van der Waals surface area contributed by atoms with Crippen LogP contribution in [0.2, 0.25) is 0 Å². The molecule has 0 spiro atoms. The Kier molecular flexibility index (Phi) is 10.00. The molecule has 5 N–H and O–H groups in total. The van der Waals surface area contributed by atoms with Crippen molar-refractivity contribution in [1.29, 1.82) is 0 Å². The van der Waals surface area contributed by atoms with Gasteiger partial charge in [-0.05, 0) is 44.4 Å². The third kappa shape index (κ3) is 7.32. The van der Waals surface area contributed by atoms with Crippen LogP contribution in [0.25, 0.3) is 0 Å². The molecule has 2 heterocycles. The number of pyridine rings is 1. The van der Waals surface area contributed by atoms with E-state index < -0.39 is 59.9 Å². The minimum absolute atomic E-state index is 0.183. The predicted molar refractivity (Wildman–Crippen MR) is 141 cm³/mol. The van der Waals surface area contributed by atoms with Gasteiger partial charge in [-0.2, -0.15) is 0 Å². The summed E-state index contributed by atoms with van der Waals surface area (Å²) in [5.74, 6) is -4.75. The van der Waals surface area contributed by atoms with Crippen LogP contribution in [0, 0.1) is 11.8 Å². The quantitative estimate of drug-likeness (QED) is 0.340. The Bertz CT molecular complexity index is 1180. The van der Waals surface area contributed by atoms with Gasteiger partial charge in [0.15, 0.2) is 11.8 Å². The summed E-state index contributed by atoms with van der Waals surface area (Å²) in [5.41, 5.74) is 0.503. The molecule has 39 heavy (non-hydrogen) atoms. The van der Waals surface area contributed by atoms with Crippen molar-refractivity contribution in [3.8, 4) is 5.75 Å². The topological polar surface area (TPSA) is 167 Å². The maximum atomic E-state index is 13.6. The van der Waals surface area contributed by atoms with E-state index in [-0.39, 0.29) is 23.8 Å². The summed E-state index contributed by atoms with van der Waals surface area (Å²) >= 11 is 0. The Labute approximate surface area is 227 Å². The third-order valence-corrected chi connectivity index (χ3v) is 7.03. The van der Waals surface area contributed by atoms with Crippen LogP contribution in [0.3, 0.4) is 0 Å². The fraction of sp³-hybridized carbons (Fsp3) is 0.464. The van der Waals surface area contributed by atoms with Crippen LogP contribution in [0.1, 0.15) is 50.2 Å². The molecule has 7 atom stereocenters. The SMILES string of the molecule is CCC(C)C1OC(=O)C(C)C(O)C(Cc2ccccc2)NC(=O)C(NC(=O)c2ncccc2O)C(C)NC1=O. The number of benzene rings is 1. The number of amides is 3. The minimum Gasteiger partial charge on any atom is -0.505 e. The van der Waals surface area contributed by atoms with Crippen LogP contribution >= 0.6 is 0 Å². The van der Waals surface area contributed by atoms with Crippen molar-refractivity contribution in [2.24, 2.45) is 11.8 Å². The molecule has 1 aromatic carbocycles. The van der Waals surface area contributed by atoms with E-state index in [1.54, 1.807) is 6.92 Å². The maximum absolute atomic E-state index is 13.6. The van der Waals surface area contributed by atoms with Crippen molar-refractivity contribution in [2.75, 3.05) is 0 Å². The number of aliphatic hydroxyl groups excluding tert-OH is 1. The predicted octanol–water partition coefficient (Wildman–Crippen LogP) is 1.09. The molecule has 1 aliphatic heterocycles. The van der Waals surface area contributed by atoms with E-state index in [0.29, 0.717) is 6.42 Å². The number of aromatic hydroxyl groups is 1. The smallest absolute Gasteiger partial charge is 0.312 e. The van der Waals surface area contributed by atoms with Gasteiger partial charge in [0.2, 0.25) is 5.91 Å². The molecule has 0 bridgehead atoms. The van der Waals surface area contributed by atoms with Gasteiger partial charge in [0.25, 0.3) is 11.8 Å². The van der Waals surface area contributed by atoms with Gasteiger partial charge in [0.1, 0.15) is 11.8 Å². The summed E-state index contributed by atoms with van der Waals surface area (Å²) in [4.78, 5) is 56.7. The summed E-state index contributed by atoms with van der Waals surface area (Å²) in [5, 5.41) is 29.3. The lowest BCUT2D eigenvalue weighted by molar-refractivity contribution is -0.167. The average Bonchev–Trinajstić information content (AvgIpc) is 2.92. The summed E-state index contributed by atoms with van der Waals surface area (Å²) < 4.78 is 5.59.